The molecule has 0 unspecified atom stereocenters. The van der Waals surface area contributed by atoms with Crippen LogP contribution in [0, 0.1) is 6.92 Å². The summed E-state index contributed by atoms with van der Waals surface area (Å²) in [4.78, 5) is 19.9. The molecule has 0 bridgehead atoms. The first-order chi connectivity index (χ1) is 10.1. The standard InChI is InChI=1S/C13H13N5O2S/c1-7-17-8(6-21-7)3-14-11-9-5-16-18(2)12(9)15-4-10(11)13(19)20/h4-6H,3H2,1-2H3,(H,14,15)(H,19,20). The van der Waals surface area contributed by atoms with Gasteiger partial charge < -0.3 is 10.4 Å². The van der Waals surface area contributed by atoms with E-state index in [0.29, 0.717) is 23.3 Å². The van der Waals surface area contributed by atoms with E-state index in [2.05, 4.69) is 20.4 Å². The topological polar surface area (TPSA) is 92.9 Å². The van der Waals surface area contributed by atoms with Gasteiger partial charge in [0.15, 0.2) is 5.65 Å². The predicted octanol–water partition coefficient (Wildman–Crippen LogP) is 2.04. The summed E-state index contributed by atoms with van der Waals surface area (Å²) in [5.74, 6) is -1.02. The number of aromatic carboxylic acids is 1. The fraction of sp³-hybridized carbons (Fsp3) is 0.231. The molecule has 8 heteroatoms. The van der Waals surface area contributed by atoms with Crippen LogP contribution in [0.1, 0.15) is 21.1 Å². The van der Waals surface area contributed by atoms with E-state index in [-0.39, 0.29) is 5.56 Å². The summed E-state index contributed by atoms with van der Waals surface area (Å²) in [6.07, 6.45) is 2.96. The van der Waals surface area contributed by atoms with Crippen LogP contribution in [-0.4, -0.2) is 30.8 Å². The number of hydrogen-bond acceptors (Lipinski definition) is 6. The van der Waals surface area contributed by atoms with Crippen molar-refractivity contribution in [3.05, 3.63) is 34.0 Å². The van der Waals surface area contributed by atoms with Crippen molar-refractivity contribution in [3.8, 4) is 0 Å². The molecular formula is C13H13N5O2S. The molecule has 0 saturated heterocycles. The highest BCUT2D eigenvalue weighted by atomic mass is 32.1. The van der Waals surface area contributed by atoms with Crippen LogP contribution in [0.4, 0.5) is 5.69 Å². The quantitative estimate of drug-likeness (QED) is 0.766. The van der Waals surface area contributed by atoms with Crippen LogP contribution in [0.2, 0.25) is 0 Å². The molecule has 3 aromatic rings. The number of hydrogen-bond donors (Lipinski definition) is 2. The van der Waals surface area contributed by atoms with Crippen molar-refractivity contribution in [2.24, 2.45) is 7.05 Å². The maximum atomic E-state index is 11.4. The van der Waals surface area contributed by atoms with E-state index >= 15 is 0 Å². The number of pyridine rings is 1. The first kappa shape index (κ1) is 13.5. The van der Waals surface area contributed by atoms with Crippen molar-refractivity contribution >= 4 is 34.0 Å². The SMILES string of the molecule is Cc1nc(CNc2c(C(=O)O)cnc3c2cnn3C)cs1. The van der Waals surface area contributed by atoms with E-state index in [1.54, 1.807) is 29.3 Å². The van der Waals surface area contributed by atoms with Gasteiger partial charge in [0.1, 0.15) is 5.56 Å². The number of fused-ring (bicyclic) bond motifs is 1. The molecule has 0 aromatic carbocycles. The lowest BCUT2D eigenvalue weighted by Gasteiger charge is -2.09. The minimum atomic E-state index is -1.02. The molecule has 0 amide bonds. The van der Waals surface area contributed by atoms with Crippen LogP contribution in [0.15, 0.2) is 17.8 Å². The van der Waals surface area contributed by atoms with Gasteiger partial charge in [-0.2, -0.15) is 5.10 Å². The zero-order valence-corrected chi connectivity index (χ0v) is 12.3. The van der Waals surface area contributed by atoms with Gasteiger partial charge in [-0.15, -0.1) is 11.3 Å². The maximum absolute atomic E-state index is 11.4. The average molecular weight is 303 g/mol. The third-order valence-corrected chi connectivity index (χ3v) is 3.93. The molecule has 21 heavy (non-hydrogen) atoms. The second kappa shape index (κ2) is 5.13. The Bertz CT molecular complexity index is 823. The van der Waals surface area contributed by atoms with Gasteiger partial charge >= 0.3 is 5.97 Å². The smallest absolute Gasteiger partial charge is 0.339 e. The van der Waals surface area contributed by atoms with Gasteiger partial charge in [0.25, 0.3) is 0 Å². The highest BCUT2D eigenvalue weighted by molar-refractivity contribution is 7.09. The summed E-state index contributed by atoms with van der Waals surface area (Å²) in [6.45, 7) is 2.39. The van der Waals surface area contributed by atoms with Gasteiger partial charge in [-0.1, -0.05) is 0 Å². The normalized spacial score (nSPS) is 11.0. The van der Waals surface area contributed by atoms with Crippen molar-refractivity contribution in [1.82, 2.24) is 19.7 Å². The zero-order valence-electron chi connectivity index (χ0n) is 11.5. The Balaban J connectivity index is 2.01. The second-order valence-corrected chi connectivity index (χ2v) is 5.63. The van der Waals surface area contributed by atoms with Crippen molar-refractivity contribution in [2.45, 2.75) is 13.5 Å². The van der Waals surface area contributed by atoms with Crippen LogP contribution in [0.5, 0.6) is 0 Å². The molecule has 3 heterocycles. The lowest BCUT2D eigenvalue weighted by Crippen LogP contribution is -2.08. The summed E-state index contributed by atoms with van der Waals surface area (Å²) in [5.41, 5.74) is 2.16. The minimum absolute atomic E-state index is 0.127. The third kappa shape index (κ3) is 2.45. The summed E-state index contributed by atoms with van der Waals surface area (Å²) >= 11 is 1.56. The van der Waals surface area contributed by atoms with Crippen molar-refractivity contribution < 1.29 is 9.90 Å². The highest BCUT2D eigenvalue weighted by Gasteiger charge is 2.16. The van der Waals surface area contributed by atoms with Crippen molar-refractivity contribution in [3.63, 3.8) is 0 Å². The molecule has 0 aliphatic rings. The molecular weight excluding hydrogens is 290 g/mol. The summed E-state index contributed by atoms with van der Waals surface area (Å²) < 4.78 is 1.61. The first-order valence-electron chi connectivity index (χ1n) is 6.25. The lowest BCUT2D eigenvalue weighted by atomic mass is 10.2. The molecule has 0 saturated carbocycles. The summed E-state index contributed by atoms with van der Waals surface area (Å²) in [7, 11) is 1.77. The fourth-order valence-electron chi connectivity index (χ4n) is 2.12. The number of thiazole rings is 1. The van der Waals surface area contributed by atoms with Gasteiger partial charge in [-0.25, -0.2) is 14.8 Å². The van der Waals surface area contributed by atoms with Gasteiger partial charge in [-0.05, 0) is 6.92 Å². The molecule has 0 radical (unpaired) electrons. The number of carboxylic acid groups (broad SMARTS) is 1. The minimum Gasteiger partial charge on any atom is -0.478 e. The molecule has 0 aliphatic heterocycles. The number of rotatable bonds is 4. The third-order valence-electron chi connectivity index (χ3n) is 3.11. The summed E-state index contributed by atoms with van der Waals surface area (Å²) in [5, 5.41) is 20.2. The number of nitrogens with zero attached hydrogens (tertiary/aromatic N) is 4. The fourth-order valence-corrected chi connectivity index (χ4v) is 2.73. The molecule has 0 spiro atoms. The predicted molar refractivity (Wildman–Crippen MR) is 79.6 cm³/mol. The highest BCUT2D eigenvalue weighted by Crippen LogP contribution is 2.26. The first-order valence-corrected chi connectivity index (χ1v) is 7.13. The van der Waals surface area contributed by atoms with Crippen LogP contribution < -0.4 is 5.32 Å². The molecule has 2 N–H and O–H groups in total. The second-order valence-electron chi connectivity index (χ2n) is 4.57. The monoisotopic (exact) mass is 303 g/mol. The number of aryl methyl sites for hydroxylation is 2. The van der Waals surface area contributed by atoms with E-state index in [4.69, 9.17) is 0 Å². The van der Waals surface area contributed by atoms with E-state index in [1.165, 1.54) is 6.20 Å². The number of carbonyl (C=O) groups is 1. The molecule has 7 nitrogen and oxygen atoms in total. The van der Waals surface area contributed by atoms with E-state index in [0.717, 1.165) is 10.7 Å². The number of nitrogens with one attached hydrogen (secondary N) is 1. The van der Waals surface area contributed by atoms with Gasteiger partial charge in [-0.3, -0.25) is 4.68 Å². The van der Waals surface area contributed by atoms with E-state index in [1.807, 2.05) is 12.3 Å². The Kier molecular flexibility index (Phi) is 3.30. The molecule has 3 aromatic heterocycles. The van der Waals surface area contributed by atoms with Gasteiger partial charge in [0.05, 0.1) is 34.5 Å². The molecule has 0 aliphatic carbocycles. The van der Waals surface area contributed by atoms with Crippen LogP contribution in [0.3, 0.4) is 0 Å². The van der Waals surface area contributed by atoms with Gasteiger partial charge in [0.2, 0.25) is 0 Å². The van der Waals surface area contributed by atoms with E-state index < -0.39 is 5.97 Å². The lowest BCUT2D eigenvalue weighted by molar-refractivity contribution is 0.0697. The molecule has 108 valence electrons. The summed E-state index contributed by atoms with van der Waals surface area (Å²) in [6, 6.07) is 0. The van der Waals surface area contributed by atoms with E-state index in [9.17, 15) is 9.90 Å². The average Bonchev–Trinajstić information content (AvgIpc) is 3.03. The molecule has 0 atom stereocenters. The Hall–Kier alpha value is -2.48. The number of carboxylic acids is 1. The molecule has 0 fully saturated rings. The van der Waals surface area contributed by atoms with Crippen molar-refractivity contribution in [1.29, 1.82) is 0 Å². The molecule has 3 rings (SSSR count). The largest absolute Gasteiger partial charge is 0.478 e. The number of aromatic nitrogens is 4. The van der Waals surface area contributed by atoms with Crippen LogP contribution in [0.25, 0.3) is 11.0 Å². The van der Waals surface area contributed by atoms with Crippen LogP contribution >= 0.6 is 11.3 Å². The van der Waals surface area contributed by atoms with Crippen molar-refractivity contribution in [2.75, 3.05) is 5.32 Å². The van der Waals surface area contributed by atoms with Crippen LogP contribution in [-0.2, 0) is 13.6 Å². The Morgan fingerprint density at radius 1 is 1.48 bits per heavy atom. The Morgan fingerprint density at radius 3 is 2.95 bits per heavy atom. The zero-order chi connectivity index (χ0) is 15.0. The Labute approximate surface area is 124 Å². The maximum Gasteiger partial charge on any atom is 0.339 e. The van der Waals surface area contributed by atoms with Gasteiger partial charge in [0, 0.05) is 18.6 Å². The number of anilines is 1. The Morgan fingerprint density at radius 2 is 2.29 bits per heavy atom.